The first-order valence-corrected chi connectivity index (χ1v) is 9.51. The minimum Gasteiger partial charge on any atom is -0.493 e. The summed E-state index contributed by atoms with van der Waals surface area (Å²) in [5.74, 6) is 0.472. The minimum absolute atomic E-state index is 0.0411. The molecule has 0 atom stereocenters. The van der Waals surface area contributed by atoms with Crippen LogP contribution in [0.15, 0.2) is 47.4 Å². The first-order valence-electron chi connectivity index (χ1n) is 8.03. The summed E-state index contributed by atoms with van der Waals surface area (Å²) in [6, 6.07) is 9.14. The van der Waals surface area contributed by atoms with Crippen LogP contribution in [-0.4, -0.2) is 46.6 Å². The molecule has 2 aromatic rings. The van der Waals surface area contributed by atoms with E-state index in [0.29, 0.717) is 17.1 Å². The molecule has 28 heavy (non-hydrogen) atoms. The van der Waals surface area contributed by atoms with Crippen molar-refractivity contribution in [2.75, 3.05) is 27.3 Å². The van der Waals surface area contributed by atoms with Crippen molar-refractivity contribution in [3.8, 4) is 11.5 Å². The van der Waals surface area contributed by atoms with Crippen molar-refractivity contribution < 1.29 is 27.6 Å². The van der Waals surface area contributed by atoms with E-state index in [1.165, 1.54) is 20.3 Å². The van der Waals surface area contributed by atoms with Gasteiger partial charge in [-0.25, -0.2) is 13.1 Å². The fourth-order valence-corrected chi connectivity index (χ4v) is 3.30. The van der Waals surface area contributed by atoms with Crippen LogP contribution in [0.2, 0.25) is 0 Å². The molecule has 150 valence electrons. The molecule has 0 heterocycles. The number of hydrogen-bond acceptors (Lipinski definition) is 7. The van der Waals surface area contributed by atoms with Gasteiger partial charge in [0.15, 0.2) is 11.5 Å². The minimum atomic E-state index is -3.85. The molecule has 1 amide bonds. The molecule has 2 N–H and O–H groups in total. The number of rotatable bonds is 9. The van der Waals surface area contributed by atoms with Crippen LogP contribution >= 0.6 is 0 Å². The molecule has 11 heteroatoms. The maximum atomic E-state index is 12.2. The van der Waals surface area contributed by atoms with E-state index in [-0.39, 0.29) is 23.7 Å². The van der Waals surface area contributed by atoms with Crippen LogP contribution in [0.1, 0.15) is 10.4 Å². The van der Waals surface area contributed by atoms with Crippen molar-refractivity contribution in [2.45, 2.75) is 4.90 Å². The molecule has 0 unspecified atom stereocenters. The molecule has 0 spiro atoms. The predicted molar refractivity (Wildman–Crippen MR) is 100 cm³/mol. The maximum Gasteiger partial charge on any atom is 0.269 e. The number of carbonyl (C=O) groups is 1. The molecule has 2 aromatic carbocycles. The number of amides is 1. The summed E-state index contributed by atoms with van der Waals surface area (Å²) in [7, 11) is -0.914. The summed E-state index contributed by atoms with van der Waals surface area (Å²) >= 11 is 0. The number of nitro benzene ring substituents is 1. The first kappa shape index (κ1) is 21.1. The van der Waals surface area contributed by atoms with Gasteiger partial charge < -0.3 is 14.8 Å². The number of benzene rings is 2. The number of sulfonamides is 1. The molecule has 0 bridgehead atoms. The van der Waals surface area contributed by atoms with Crippen LogP contribution in [-0.2, 0) is 10.0 Å². The third-order valence-electron chi connectivity index (χ3n) is 3.71. The molecule has 0 aromatic heterocycles. The smallest absolute Gasteiger partial charge is 0.269 e. The number of hydrogen-bond donors (Lipinski definition) is 2. The second kappa shape index (κ2) is 9.15. The average molecular weight is 409 g/mol. The van der Waals surface area contributed by atoms with Crippen LogP contribution in [0.4, 0.5) is 5.69 Å². The van der Waals surface area contributed by atoms with Gasteiger partial charge in [0.2, 0.25) is 10.0 Å². The second-order valence-corrected chi connectivity index (χ2v) is 7.24. The molecular formula is C17H19N3O7S. The molecule has 0 radical (unpaired) electrons. The van der Waals surface area contributed by atoms with Crippen LogP contribution in [0, 0.1) is 10.1 Å². The zero-order valence-corrected chi connectivity index (χ0v) is 16.0. The monoisotopic (exact) mass is 409 g/mol. The van der Waals surface area contributed by atoms with Crippen molar-refractivity contribution in [3.05, 3.63) is 58.1 Å². The molecule has 0 saturated heterocycles. The number of ether oxygens (including phenoxy) is 2. The Labute approximate surface area is 161 Å². The van der Waals surface area contributed by atoms with E-state index in [1.54, 1.807) is 12.1 Å². The summed E-state index contributed by atoms with van der Waals surface area (Å²) in [6.07, 6.45) is 0. The third kappa shape index (κ3) is 5.18. The van der Waals surface area contributed by atoms with Gasteiger partial charge in [-0.15, -0.1) is 0 Å². The summed E-state index contributed by atoms with van der Waals surface area (Å²) in [5, 5.41) is 13.2. The Balaban J connectivity index is 1.90. The third-order valence-corrected chi connectivity index (χ3v) is 5.18. The van der Waals surface area contributed by atoms with E-state index in [0.717, 1.165) is 24.3 Å². The van der Waals surface area contributed by atoms with Crippen molar-refractivity contribution in [1.29, 1.82) is 0 Å². The molecule has 0 saturated carbocycles. The second-order valence-electron chi connectivity index (χ2n) is 5.47. The highest BCUT2D eigenvalue weighted by Gasteiger charge is 2.16. The van der Waals surface area contributed by atoms with Crippen molar-refractivity contribution in [2.24, 2.45) is 0 Å². The van der Waals surface area contributed by atoms with E-state index >= 15 is 0 Å². The predicted octanol–water partition coefficient (Wildman–Crippen LogP) is 1.32. The Kier molecular flexibility index (Phi) is 6.90. The standard InChI is InChI=1S/C17H19N3O7S/c1-26-15-8-3-12(11-16(15)27-2)17(21)18-9-10-19-28(24,25)14-6-4-13(5-7-14)20(22)23/h3-8,11,19H,9-10H2,1-2H3,(H,18,21). The topological polar surface area (TPSA) is 137 Å². The lowest BCUT2D eigenvalue weighted by molar-refractivity contribution is -0.384. The van der Waals surface area contributed by atoms with Gasteiger partial charge in [0, 0.05) is 30.8 Å². The SMILES string of the molecule is COc1ccc(C(=O)NCCNS(=O)(=O)c2ccc([N+](=O)[O-])cc2)cc1OC. The lowest BCUT2D eigenvalue weighted by atomic mass is 10.2. The van der Waals surface area contributed by atoms with Crippen molar-refractivity contribution in [1.82, 2.24) is 10.0 Å². The van der Waals surface area contributed by atoms with Crippen LogP contribution in [0.25, 0.3) is 0 Å². The fraction of sp³-hybridized carbons (Fsp3) is 0.235. The Hall–Kier alpha value is -3.18. The zero-order valence-electron chi connectivity index (χ0n) is 15.2. The number of nitrogens with one attached hydrogen (secondary N) is 2. The summed E-state index contributed by atoms with van der Waals surface area (Å²) in [5.41, 5.74) is 0.122. The molecular weight excluding hydrogens is 390 g/mol. The summed E-state index contributed by atoms with van der Waals surface area (Å²) < 4.78 is 36.9. The Morgan fingerprint density at radius 2 is 1.68 bits per heavy atom. The van der Waals surface area contributed by atoms with Crippen LogP contribution < -0.4 is 19.5 Å². The van der Waals surface area contributed by atoms with Gasteiger partial charge in [0.25, 0.3) is 11.6 Å². The van der Waals surface area contributed by atoms with E-state index < -0.39 is 20.9 Å². The zero-order chi connectivity index (χ0) is 20.7. The number of methoxy groups -OCH3 is 2. The van der Waals surface area contributed by atoms with E-state index in [4.69, 9.17) is 9.47 Å². The lowest BCUT2D eigenvalue weighted by Gasteiger charge is -2.10. The van der Waals surface area contributed by atoms with Crippen LogP contribution in [0.3, 0.4) is 0 Å². The normalized spacial score (nSPS) is 10.9. The highest BCUT2D eigenvalue weighted by molar-refractivity contribution is 7.89. The van der Waals surface area contributed by atoms with Crippen molar-refractivity contribution in [3.63, 3.8) is 0 Å². The molecule has 10 nitrogen and oxygen atoms in total. The van der Waals surface area contributed by atoms with Gasteiger partial charge in [0.1, 0.15) is 0 Å². The van der Waals surface area contributed by atoms with Gasteiger partial charge in [-0.3, -0.25) is 14.9 Å². The summed E-state index contributed by atoms with van der Waals surface area (Å²) in [4.78, 5) is 22.1. The largest absolute Gasteiger partial charge is 0.493 e. The van der Waals surface area contributed by atoms with Gasteiger partial charge >= 0.3 is 0 Å². The fourth-order valence-electron chi connectivity index (χ4n) is 2.27. The quantitative estimate of drug-likeness (QED) is 0.362. The number of nitrogens with zero attached hydrogens (tertiary/aromatic N) is 1. The van der Waals surface area contributed by atoms with E-state index in [1.807, 2.05) is 0 Å². The molecule has 0 aliphatic rings. The Morgan fingerprint density at radius 3 is 2.25 bits per heavy atom. The van der Waals surface area contributed by atoms with Gasteiger partial charge in [-0.1, -0.05) is 0 Å². The lowest BCUT2D eigenvalue weighted by Crippen LogP contribution is -2.34. The van der Waals surface area contributed by atoms with Crippen LogP contribution in [0.5, 0.6) is 11.5 Å². The highest BCUT2D eigenvalue weighted by atomic mass is 32.2. The molecule has 0 fully saturated rings. The van der Waals surface area contributed by atoms with Crippen molar-refractivity contribution >= 4 is 21.6 Å². The molecule has 0 aliphatic carbocycles. The van der Waals surface area contributed by atoms with Gasteiger partial charge in [-0.05, 0) is 30.3 Å². The maximum absolute atomic E-state index is 12.2. The summed E-state index contributed by atoms with van der Waals surface area (Å²) in [6.45, 7) is -0.0161. The number of non-ortho nitro benzene ring substituents is 1. The first-order chi connectivity index (χ1) is 13.3. The Morgan fingerprint density at radius 1 is 1.04 bits per heavy atom. The van der Waals surface area contributed by atoms with E-state index in [9.17, 15) is 23.3 Å². The number of nitro groups is 1. The van der Waals surface area contributed by atoms with Gasteiger partial charge in [-0.2, -0.15) is 0 Å². The van der Waals surface area contributed by atoms with Gasteiger partial charge in [0.05, 0.1) is 24.0 Å². The average Bonchev–Trinajstić information content (AvgIpc) is 2.70. The highest BCUT2D eigenvalue weighted by Crippen LogP contribution is 2.27. The van der Waals surface area contributed by atoms with E-state index in [2.05, 4.69) is 10.0 Å². The molecule has 0 aliphatic heterocycles. The Bertz CT molecular complexity index is 959. The molecule has 2 rings (SSSR count). The number of carbonyl (C=O) groups excluding carboxylic acids is 1.